The molecule has 2 N–H and O–H groups in total. The number of thiazole rings is 1. The number of nitrogens with zero attached hydrogens (tertiary/aromatic N) is 3. The Kier molecular flexibility index (Phi) is 10.2. The zero-order chi connectivity index (χ0) is 18.9. The molecule has 0 aliphatic carbocycles. The first-order valence-electron chi connectivity index (χ1n) is 9.47. The Labute approximate surface area is 188 Å². The van der Waals surface area contributed by atoms with E-state index >= 15 is 0 Å². The van der Waals surface area contributed by atoms with Gasteiger partial charge in [-0.2, -0.15) is 0 Å². The van der Waals surface area contributed by atoms with Gasteiger partial charge in [0.05, 0.1) is 23.9 Å². The van der Waals surface area contributed by atoms with Crippen LogP contribution in [0.4, 0.5) is 0 Å². The van der Waals surface area contributed by atoms with Crippen LogP contribution in [0.2, 0.25) is 0 Å². The molecule has 154 valence electrons. The molecule has 8 heteroatoms. The fourth-order valence-corrected chi connectivity index (χ4v) is 3.76. The number of guanidine groups is 1. The minimum absolute atomic E-state index is 0. The maximum atomic E-state index is 5.45. The standard InChI is InChI=1S/C20H29N5OS.HI/c1-16-24-19(15-27-16)7-8-22-20(21-2)23-13-17-5-3-4-6-18(17)14-25-9-11-26-12-10-25;/h3-6,15H,7-14H2,1-2H3,(H2,21,22,23);1H. The van der Waals surface area contributed by atoms with E-state index in [4.69, 9.17) is 4.74 Å². The Hall–Kier alpha value is -1.23. The largest absolute Gasteiger partial charge is 0.379 e. The highest BCUT2D eigenvalue weighted by atomic mass is 127. The van der Waals surface area contributed by atoms with Gasteiger partial charge in [0.1, 0.15) is 0 Å². The van der Waals surface area contributed by atoms with Crippen LogP contribution in [0.3, 0.4) is 0 Å². The van der Waals surface area contributed by atoms with Gasteiger partial charge in [-0.3, -0.25) is 9.89 Å². The number of morpholine rings is 1. The first-order chi connectivity index (χ1) is 13.2. The van der Waals surface area contributed by atoms with Crippen molar-refractivity contribution in [1.29, 1.82) is 0 Å². The lowest BCUT2D eigenvalue weighted by atomic mass is 10.1. The molecule has 1 aliphatic rings. The Morgan fingerprint density at radius 1 is 1.21 bits per heavy atom. The maximum absolute atomic E-state index is 5.45. The molecular weight excluding hydrogens is 485 g/mol. The summed E-state index contributed by atoms with van der Waals surface area (Å²) in [4.78, 5) is 11.3. The predicted octanol–water partition coefficient (Wildman–Crippen LogP) is 2.81. The zero-order valence-electron chi connectivity index (χ0n) is 16.6. The smallest absolute Gasteiger partial charge is 0.191 e. The molecule has 2 aromatic rings. The molecule has 0 saturated carbocycles. The van der Waals surface area contributed by atoms with Gasteiger partial charge >= 0.3 is 0 Å². The average molecular weight is 515 g/mol. The number of hydrogen-bond acceptors (Lipinski definition) is 5. The van der Waals surface area contributed by atoms with Gasteiger partial charge in [0, 0.05) is 51.6 Å². The van der Waals surface area contributed by atoms with Crippen molar-refractivity contribution in [3.05, 3.63) is 51.5 Å². The molecule has 0 spiro atoms. The summed E-state index contributed by atoms with van der Waals surface area (Å²) in [7, 11) is 1.81. The summed E-state index contributed by atoms with van der Waals surface area (Å²) < 4.78 is 5.45. The lowest BCUT2D eigenvalue weighted by Crippen LogP contribution is -2.38. The third-order valence-corrected chi connectivity index (χ3v) is 5.45. The van der Waals surface area contributed by atoms with Crippen LogP contribution in [-0.4, -0.2) is 55.7 Å². The van der Waals surface area contributed by atoms with Crippen LogP contribution in [0.25, 0.3) is 0 Å². The van der Waals surface area contributed by atoms with E-state index in [1.807, 2.05) is 14.0 Å². The van der Waals surface area contributed by atoms with E-state index in [0.717, 1.165) is 69.0 Å². The number of hydrogen-bond donors (Lipinski definition) is 2. The van der Waals surface area contributed by atoms with Crippen LogP contribution < -0.4 is 10.6 Å². The number of rotatable bonds is 7. The molecule has 1 aromatic heterocycles. The summed E-state index contributed by atoms with van der Waals surface area (Å²) in [6.45, 7) is 8.24. The van der Waals surface area contributed by atoms with E-state index in [0.29, 0.717) is 0 Å². The van der Waals surface area contributed by atoms with E-state index < -0.39 is 0 Å². The minimum atomic E-state index is 0. The molecule has 3 rings (SSSR count). The van der Waals surface area contributed by atoms with Crippen molar-refractivity contribution in [1.82, 2.24) is 20.5 Å². The molecule has 0 amide bonds. The molecule has 1 fully saturated rings. The summed E-state index contributed by atoms with van der Waals surface area (Å²) >= 11 is 1.70. The maximum Gasteiger partial charge on any atom is 0.191 e. The van der Waals surface area contributed by atoms with Crippen LogP contribution in [0.1, 0.15) is 21.8 Å². The van der Waals surface area contributed by atoms with Crippen molar-refractivity contribution < 1.29 is 4.74 Å². The second kappa shape index (κ2) is 12.4. The Morgan fingerprint density at radius 3 is 2.64 bits per heavy atom. The van der Waals surface area contributed by atoms with Gasteiger partial charge in [-0.1, -0.05) is 24.3 Å². The number of aliphatic imine (C=N–C) groups is 1. The van der Waals surface area contributed by atoms with Crippen LogP contribution >= 0.6 is 35.3 Å². The van der Waals surface area contributed by atoms with Crippen LogP contribution in [0.5, 0.6) is 0 Å². The second-order valence-electron chi connectivity index (χ2n) is 6.62. The van der Waals surface area contributed by atoms with Gasteiger partial charge in [-0.15, -0.1) is 35.3 Å². The lowest BCUT2D eigenvalue weighted by Gasteiger charge is -2.27. The molecule has 0 atom stereocenters. The Bertz CT molecular complexity index is 746. The summed E-state index contributed by atoms with van der Waals surface area (Å²) in [5, 5.41) is 10.0. The quantitative estimate of drug-likeness (QED) is 0.338. The van der Waals surface area contributed by atoms with Crippen molar-refractivity contribution in [2.75, 3.05) is 39.9 Å². The number of halogens is 1. The molecular formula is C20H30IN5OS. The van der Waals surface area contributed by atoms with Gasteiger partial charge in [-0.05, 0) is 18.1 Å². The van der Waals surface area contributed by atoms with Crippen LogP contribution in [0, 0.1) is 6.92 Å². The van der Waals surface area contributed by atoms with E-state index in [2.05, 4.69) is 55.2 Å². The minimum Gasteiger partial charge on any atom is -0.379 e. The number of aryl methyl sites for hydroxylation is 1. The van der Waals surface area contributed by atoms with Gasteiger partial charge in [0.2, 0.25) is 0 Å². The SMILES string of the molecule is CN=C(NCCc1csc(C)n1)NCc1ccccc1CN1CCOCC1.I. The highest BCUT2D eigenvalue weighted by molar-refractivity contribution is 14.0. The summed E-state index contributed by atoms with van der Waals surface area (Å²) in [5.41, 5.74) is 3.80. The molecule has 0 radical (unpaired) electrons. The van der Waals surface area contributed by atoms with E-state index in [-0.39, 0.29) is 24.0 Å². The van der Waals surface area contributed by atoms with E-state index in [1.54, 1.807) is 11.3 Å². The summed E-state index contributed by atoms with van der Waals surface area (Å²) in [6.07, 6.45) is 0.901. The van der Waals surface area contributed by atoms with E-state index in [1.165, 1.54) is 11.1 Å². The Balaban J connectivity index is 0.00000280. The topological polar surface area (TPSA) is 61.8 Å². The number of ether oxygens (including phenoxy) is 1. The molecule has 6 nitrogen and oxygen atoms in total. The van der Waals surface area contributed by atoms with Crippen LogP contribution in [0.15, 0.2) is 34.6 Å². The van der Waals surface area contributed by atoms with E-state index in [9.17, 15) is 0 Å². The third-order valence-electron chi connectivity index (χ3n) is 4.63. The summed E-state index contributed by atoms with van der Waals surface area (Å²) in [5.74, 6) is 0.822. The van der Waals surface area contributed by atoms with Crippen molar-refractivity contribution in [2.24, 2.45) is 4.99 Å². The molecule has 28 heavy (non-hydrogen) atoms. The Morgan fingerprint density at radius 2 is 1.96 bits per heavy atom. The monoisotopic (exact) mass is 515 g/mol. The van der Waals surface area contributed by atoms with Gasteiger partial charge < -0.3 is 15.4 Å². The summed E-state index contributed by atoms with van der Waals surface area (Å²) in [6, 6.07) is 8.62. The van der Waals surface area contributed by atoms with Crippen molar-refractivity contribution >= 4 is 41.3 Å². The zero-order valence-corrected chi connectivity index (χ0v) is 19.8. The van der Waals surface area contributed by atoms with Gasteiger partial charge in [-0.25, -0.2) is 4.98 Å². The average Bonchev–Trinajstić information content (AvgIpc) is 3.11. The van der Waals surface area contributed by atoms with Crippen molar-refractivity contribution in [3.8, 4) is 0 Å². The third kappa shape index (κ3) is 7.31. The fourth-order valence-electron chi connectivity index (χ4n) is 3.12. The fraction of sp³-hybridized carbons (Fsp3) is 0.500. The predicted molar refractivity (Wildman–Crippen MR) is 127 cm³/mol. The number of nitrogens with one attached hydrogen (secondary N) is 2. The first kappa shape index (κ1) is 23.1. The van der Waals surface area contributed by atoms with Crippen molar-refractivity contribution in [3.63, 3.8) is 0 Å². The molecule has 0 bridgehead atoms. The molecule has 1 saturated heterocycles. The highest BCUT2D eigenvalue weighted by Crippen LogP contribution is 2.13. The van der Waals surface area contributed by atoms with Crippen LogP contribution in [-0.2, 0) is 24.2 Å². The highest BCUT2D eigenvalue weighted by Gasteiger charge is 2.12. The number of aromatic nitrogens is 1. The second-order valence-corrected chi connectivity index (χ2v) is 7.68. The van der Waals surface area contributed by atoms with Gasteiger partial charge in [0.15, 0.2) is 5.96 Å². The molecule has 0 unspecified atom stereocenters. The van der Waals surface area contributed by atoms with Gasteiger partial charge in [0.25, 0.3) is 0 Å². The molecule has 1 aromatic carbocycles. The van der Waals surface area contributed by atoms with Crippen molar-refractivity contribution in [2.45, 2.75) is 26.4 Å². The first-order valence-corrected chi connectivity index (χ1v) is 10.3. The molecule has 2 heterocycles. The molecule has 1 aliphatic heterocycles. The lowest BCUT2D eigenvalue weighted by molar-refractivity contribution is 0.0341. The number of benzene rings is 1. The normalized spacial score (nSPS) is 15.1.